The molecule has 0 aliphatic rings. The summed E-state index contributed by atoms with van der Waals surface area (Å²) in [7, 11) is 0. The van der Waals surface area contributed by atoms with Crippen molar-refractivity contribution in [3.05, 3.63) is 20.8 Å². The van der Waals surface area contributed by atoms with Gasteiger partial charge in [0.1, 0.15) is 13.2 Å². The number of aliphatic carboxylic acids is 1. The molecule has 110 valence electrons. The van der Waals surface area contributed by atoms with E-state index >= 15 is 0 Å². The first-order chi connectivity index (χ1) is 9.47. The van der Waals surface area contributed by atoms with Crippen LogP contribution in [0, 0.1) is 0 Å². The van der Waals surface area contributed by atoms with Crippen molar-refractivity contribution in [2.24, 2.45) is 0 Å². The van der Waals surface area contributed by atoms with E-state index in [9.17, 15) is 14.4 Å². The molecule has 1 heterocycles. The highest BCUT2D eigenvalue weighted by Crippen LogP contribution is 2.21. The first-order valence-electron chi connectivity index (χ1n) is 5.59. The first kappa shape index (κ1) is 16.6. The van der Waals surface area contributed by atoms with Crippen LogP contribution in [0.4, 0.5) is 4.79 Å². The molecule has 0 unspecified atom stereocenters. The van der Waals surface area contributed by atoms with Crippen LogP contribution in [0.1, 0.15) is 4.88 Å². The minimum atomic E-state index is -1.18. The van der Waals surface area contributed by atoms with Crippen LogP contribution >= 0.6 is 27.3 Å². The topological polar surface area (TPSA) is 105 Å². The van der Waals surface area contributed by atoms with Gasteiger partial charge < -0.3 is 15.2 Å². The molecular weight excluding hydrogens is 352 g/mol. The van der Waals surface area contributed by atoms with E-state index in [-0.39, 0.29) is 0 Å². The van der Waals surface area contributed by atoms with Gasteiger partial charge in [-0.25, -0.2) is 9.59 Å². The Hall–Kier alpha value is -1.45. The zero-order valence-electron chi connectivity index (χ0n) is 10.3. The summed E-state index contributed by atoms with van der Waals surface area (Å²) in [4.78, 5) is 33.7. The Balaban J connectivity index is 2.13. The number of halogens is 1. The maximum atomic E-state index is 11.3. The molecule has 1 aromatic heterocycles. The SMILES string of the molecule is O=C(O)COCC(=O)NC(=O)NCCc1ccc(Br)s1. The summed E-state index contributed by atoms with van der Waals surface area (Å²) in [5, 5.41) is 12.8. The van der Waals surface area contributed by atoms with Gasteiger partial charge in [0.2, 0.25) is 0 Å². The lowest BCUT2D eigenvalue weighted by Gasteiger charge is -2.06. The molecule has 9 heteroatoms. The van der Waals surface area contributed by atoms with E-state index in [0.29, 0.717) is 13.0 Å². The van der Waals surface area contributed by atoms with Crippen LogP contribution < -0.4 is 10.6 Å². The highest BCUT2D eigenvalue weighted by Gasteiger charge is 2.08. The number of ether oxygens (including phenoxy) is 1. The van der Waals surface area contributed by atoms with Crippen molar-refractivity contribution in [1.29, 1.82) is 0 Å². The summed E-state index contributed by atoms with van der Waals surface area (Å²) >= 11 is 4.91. The first-order valence-corrected chi connectivity index (χ1v) is 7.19. The van der Waals surface area contributed by atoms with Crippen LogP contribution in [0.15, 0.2) is 15.9 Å². The number of hydrogen-bond donors (Lipinski definition) is 3. The van der Waals surface area contributed by atoms with Crippen molar-refractivity contribution in [2.75, 3.05) is 19.8 Å². The number of nitrogens with one attached hydrogen (secondary N) is 2. The van der Waals surface area contributed by atoms with Crippen LogP contribution in [0.5, 0.6) is 0 Å². The summed E-state index contributed by atoms with van der Waals surface area (Å²) < 4.78 is 5.56. The van der Waals surface area contributed by atoms with Gasteiger partial charge in [-0.2, -0.15) is 0 Å². The molecule has 1 rings (SSSR count). The number of carboxylic acid groups (broad SMARTS) is 1. The van der Waals surface area contributed by atoms with Crippen LogP contribution in [-0.2, 0) is 20.7 Å². The third-order valence-corrected chi connectivity index (χ3v) is 3.68. The minimum absolute atomic E-state index is 0.391. The van der Waals surface area contributed by atoms with E-state index in [4.69, 9.17) is 5.11 Å². The smallest absolute Gasteiger partial charge is 0.329 e. The lowest BCUT2D eigenvalue weighted by molar-refractivity contribution is -0.143. The predicted octanol–water partition coefficient (Wildman–Crippen LogP) is 0.980. The van der Waals surface area contributed by atoms with Gasteiger partial charge in [-0.15, -0.1) is 11.3 Å². The second kappa shape index (κ2) is 8.67. The molecule has 0 aliphatic heterocycles. The number of carboxylic acids is 1. The predicted molar refractivity (Wildman–Crippen MR) is 75.7 cm³/mol. The minimum Gasteiger partial charge on any atom is -0.480 e. The van der Waals surface area contributed by atoms with Crippen LogP contribution in [0.25, 0.3) is 0 Å². The largest absolute Gasteiger partial charge is 0.480 e. The summed E-state index contributed by atoms with van der Waals surface area (Å²) in [6, 6.07) is 3.23. The van der Waals surface area contributed by atoms with E-state index in [0.717, 1.165) is 8.66 Å². The lowest BCUT2D eigenvalue weighted by atomic mass is 10.3. The molecule has 0 aliphatic carbocycles. The van der Waals surface area contributed by atoms with Crippen molar-refractivity contribution in [1.82, 2.24) is 10.6 Å². The van der Waals surface area contributed by atoms with Gasteiger partial charge in [0.25, 0.3) is 5.91 Å². The van der Waals surface area contributed by atoms with Crippen LogP contribution in [0.2, 0.25) is 0 Å². The molecule has 3 amide bonds. The molecule has 0 radical (unpaired) electrons. The van der Waals surface area contributed by atoms with E-state index in [1.54, 1.807) is 11.3 Å². The molecule has 0 bridgehead atoms. The van der Waals surface area contributed by atoms with Gasteiger partial charge >= 0.3 is 12.0 Å². The quantitative estimate of drug-likeness (QED) is 0.668. The number of urea groups is 1. The molecule has 1 aromatic rings. The highest BCUT2D eigenvalue weighted by atomic mass is 79.9. The maximum Gasteiger partial charge on any atom is 0.329 e. The maximum absolute atomic E-state index is 11.3. The molecule has 0 saturated heterocycles. The van der Waals surface area contributed by atoms with Crippen molar-refractivity contribution in [3.63, 3.8) is 0 Å². The van der Waals surface area contributed by atoms with Gasteiger partial charge in [0, 0.05) is 11.4 Å². The monoisotopic (exact) mass is 364 g/mol. The summed E-state index contributed by atoms with van der Waals surface area (Å²) in [5.41, 5.74) is 0. The fourth-order valence-electron chi connectivity index (χ4n) is 1.22. The Morgan fingerprint density at radius 1 is 1.30 bits per heavy atom. The normalized spacial score (nSPS) is 10.1. The Kier molecular flexibility index (Phi) is 7.20. The zero-order chi connectivity index (χ0) is 15.0. The van der Waals surface area contributed by atoms with E-state index in [1.165, 1.54) is 0 Å². The van der Waals surface area contributed by atoms with Crippen molar-refractivity contribution < 1.29 is 24.2 Å². The Morgan fingerprint density at radius 2 is 2.05 bits per heavy atom. The summed E-state index contributed by atoms with van der Waals surface area (Å²) in [5.74, 6) is -1.87. The standard InChI is InChI=1S/C11H13BrN2O5S/c12-8-2-1-7(20-8)3-4-13-11(18)14-9(15)5-19-6-10(16)17/h1-2H,3-6H2,(H,16,17)(H2,13,14,15,18). The average molecular weight is 365 g/mol. The molecule has 3 N–H and O–H groups in total. The van der Waals surface area contributed by atoms with Crippen LogP contribution in [0.3, 0.4) is 0 Å². The highest BCUT2D eigenvalue weighted by molar-refractivity contribution is 9.11. The molecule has 20 heavy (non-hydrogen) atoms. The fraction of sp³-hybridized carbons (Fsp3) is 0.364. The number of thiophene rings is 1. The van der Waals surface area contributed by atoms with E-state index < -0.39 is 31.1 Å². The second-order valence-corrected chi connectivity index (χ2v) is 6.19. The zero-order valence-corrected chi connectivity index (χ0v) is 12.8. The Morgan fingerprint density at radius 3 is 2.65 bits per heavy atom. The van der Waals surface area contributed by atoms with Gasteiger partial charge in [0.15, 0.2) is 0 Å². The van der Waals surface area contributed by atoms with Crippen molar-refractivity contribution >= 4 is 45.2 Å². The third kappa shape index (κ3) is 7.22. The molecule has 0 aromatic carbocycles. The fourth-order valence-corrected chi connectivity index (χ4v) is 2.71. The van der Waals surface area contributed by atoms with Gasteiger partial charge in [0.05, 0.1) is 3.79 Å². The molecule has 0 saturated carbocycles. The van der Waals surface area contributed by atoms with E-state index in [2.05, 4.69) is 26.0 Å². The Labute approximate surface area is 127 Å². The lowest BCUT2D eigenvalue weighted by Crippen LogP contribution is -2.42. The number of amides is 3. The molecular formula is C11H13BrN2O5S. The number of imide groups is 1. The van der Waals surface area contributed by atoms with Crippen molar-refractivity contribution in [2.45, 2.75) is 6.42 Å². The molecule has 7 nitrogen and oxygen atoms in total. The Bertz CT molecular complexity index is 491. The summed E-state index contributed by atoms with van der Waals surface area (Å²) in [6.45, 7) is -0.665. The molecule has 0 fully saturated rings. The van der Waals surface area contributed by atoms with Crippen LogP contribution in [-0.4, -0.2) is 42.8 Å². The number of hydrogen-bond acceptors (Lipinski definition) is 5. The third-order valence-electron chi connectivity index (χ3n) is 2.00. The average Bonchev–Trinajstić information content (AvgIpc) is 2.74. The van der Waals surface area contributed by atoms with Gasteiger partial charge in [-0.3, -0.25) is 10.1 Å². The molecule has 0 spiro atoms. The van der Waals surface area contributed by atoms with E-state index in [1.807, 2.05) is 17.4 Å². The molecule has 0 atom stereocenters. The van der Waals surface area contributed by atoms with Crippen molar-refractivity contribution in [3.8, 4) is 0 Å². The number of rotatable bonds is 7. The van der Waals surface area contributed by atoms with Gasteiger partial charge in [-0.1, -0.05) is 0 Å². The number of carbonyl (C=O) groups is 3. The second-order valence-electron chi connectivity index (χ2n) is 3.65. The van der Waals surface area contributed by atoms with Gasteiger partial charge in [-0.05, 0) is 34.5 Å². The number of carbonyl (C=O) groups excluding carboxylic acids is 2. The summed E-state index contributed by atoms with van der Waals surface area (Å²) in [6.07, 6.45) is 0.660.